The number of aryl methyl sites for hydroxylation is 1. The van der Waals surface area contributed by atoms with E-state index in [0.717, 1.165) is 83.4 Å². The predicted octanol–water partition coefficient (Wildman–Crippen LogP) is 8.84. The molecule has 8 nitrogen and oxygen atoms in total. The van der Waals surface area contributed by atoms with Crippen LogP contribution in [-0.4, -0.2) is 74.5 Å². The van der Waals surface area contributed by atoms with Gasteiger partial charge in [-0.15, -0.1) is 0 Å². The fourth-order valence-corrected chi connectivity index (χ4v) is 6.33. The Balaban J connectivity index is 2.08. The molecule has 48 heavy (non-hydrogen) atoms. The summed E-state index contributed by atoms with van der Waals surface area (Å²) >= 11 is 0. The van der Waals surface area contributed by atoms with Crippen molar-refractivity contribution >= 4 is 21.9 Å². The summed E-state index contributed by atoms with van der Waals surface area (Å²) in [4.78, 5) is 19.2. The van der Waals surface area contributed by atoms with Gasteiger partial charge in [0.1, 0.15) is 28.1 Å². The summed E-state index contributed by atoms with van der Waals surface area (Å²) in [5, 5.41) is 12.4. The van der Waals surface area contributed by atoms with Crippen LogP contribution in [0.5, 0.6) is 23.0 Å². The van der Waals surface area contributed by atoms with Crippen molar-refractivity contribution in [2.45, 2.75) is 107 Å². The van der Waals surface area contributed by atoms with E-state index in [1.807, 2.05) is 6.07 Å². The van der Waals surface area contributed by atoms with Gasteiger partial charge in [0, 0.05) is 23.3 Å². The molecule has 3 rings (SSSR count). The number of unbranched alkanes of at least 4 members (excludes halogenated alkanes) is 2. The number of phenols is 1. The number of hydrogen-bond donors (Lipinski definition) is 1. The third-order valence-corrected chi connectivity index (χ3v) is 9.50. The summed E-state index contributed by atoms with van der Waals surface area (Å²) in [6, 6.07) is 3.59. The van der Waals surface area contributed by atoms with Gasteiger partial charge >= 0.3 is 0 Å². The minimum absolute atomic E-state index is 0.0377. The van der Waals surface area contributed by atoms with Crippen molar-refractivity contribution in [2.24, 2.45) is 11.8 Å². The molecule has 0 amide bonds. The monoisotopic (exact) mass is 668 g/mol. The number of benzene rings is 2. The summed E-state index contributed by atoms with van der Waals surface area (Å²) in [5.41, 5.74) is 1.95. The Bertz CT molecular complexity index is 1470. The molecule has 1 aromatic heterocycles. The zero-order valence-electron chi connectivity index (χ0n) is 31.5. The minimum Gasteiger partial charge on any atom is -0.507 e. The highest BCUT2D eigenvalue weighted by molar-refractivity contribution is 5.97. The summed E-state index contributed by atoms with van der Waals surface area (Å²) in [6.45, 7) is 24.7. The van der Waals surface area contributed by atoms with Crippen molar-refractivity contribution in [1.29, 1.82) is 0 Å². The normalized spacial score (nSPS) is 12.0. The van der Waals surface area contributed by atoms with Crippen molar-refractivity contribution in [2.75, 3.05) is 59.6 Å². The molecule has 0 radical (unpaired) electrons. The largest absolute Gasteiger partial charge is 0.507 e. The Labute approximate surface area is 289 Å². The van der Waals surface area contributed by atoms with E-state index in [1.165, 1.54) is 0 Å². The van der Waals surface area contributed by atoms with Crippen LogP contribution < -0.4 is 19.6 Å². The molecular weight excluding hydrogens is 604 g/mol. The first kappa shape index (κ1) is 39.5. The summed E-state index contributed by atoms with van der Waals surface area (Å²) in [6.07, 6.45) is 6.83. The maximum absolute atomic E-state index is 14.4. The number of nitrogens with zero attached hydrogens (tertiary/aromatic N) is 2. The van der Waals surface area contributed by atoms with Crippen molar-refractivity contribution < 1.29 is 23.7 Å². The summed E-state index contributed by atoms with van der Waals surface area (Å²) < 4.78 is 25.1. The van der Waals surface area contributed by atoms with Crippen LogP contribution in [-0.2, 0) is 12.8 Å². The third-order valence-electron chi connectivity index (χ3n) is 9.50. The van der Waals surface area contributed by atoms with Crippen LogP contribution >= 0.6 is 0 Å². The SMILES string of the molecule is CCN(CC)CCCCOc1cc2oc3cc(OCCCCN(CC)CC)c(OC)c(CCC(C)C)c3c(=O)c2c(O)c1CCC(C)C. The zero-order chi connectivity index (χ0) is 35.2. The van der Waals surface area contributed by atoms with Crippen LogP contribution in [0, 0.1) is 11.8 Å². The van der Waals surface area contributed by atoms with Crippen molar-refractivity contribution in [3.63, 3.8) is 0 Å². The first-order valence-corrected chi connectivity index (χ1v) is 18.6. The molecule has 0 aliphatic heterocycles. The average molecular weight is 669 g/mol. The molecule has 0 aliphatic rings. The highest BCUT2D eigenvalue weighted by atomic mass is 16.5. The van der Waals surface area contributed by atoms with E-state index in [0.29, 0.717) is 77.3 Å². The first-order valence-electron chi connectivity index (χ1n) is 18.6. The zero-order valence-corrected chi connectivity index (χ0v) is 31.5. The Morgan fingerprint density at radius 1 is 0.708 bits per heavy atom. The molecule has 0 unspecified atom stereocenters. The second kappa shape index (κ2) is 19.9. The van der Waals surface area contributed by atoms with Crippen molar-refractivity contribution in [1.82, 2.24) is 9.80 Å². The Morgan fingerprint density at radius 2 is 1.19 bits per heavy atom. The smallest absolute Gasteiger partial charge is 0.204 e. The molecule has 0 saturated carbocycles. The minimum atomic E-state index is -0.247. The molecule has 2 aromatic carbocycles. The summed E-state index contributed by atoms with van der Waals surface area (Å²) in [7, 11) is 1.63. The molecule has 0 atom stereocenters. The number of aromatic hydroxyl groups is 1. The van der Waals surface area contributed by atoms with Gasteiger partial charge in [-0.2, -0.15) is 0 Å². The Kier molecular flexibility index (Phi) is 16.4. The predicted molar refractivity (Wildman–Crippen MR) is 200 cm³/mol. The van der Waals surface area contributed by atoms with E-state index in [9.17, 15) is 9.90 Å². The van der Waals surface area contributed by atoms with E-state index in [2.05, 4.69) is 65.2 Å². The number of ether oxygens (including phenoxy) is 3. The summed E-state index contributed by atoms with van der Waals surface area (Å²) in [5.74, 6) is 2.55. The van der Waals surface area contributed by atoms with E-state index in [-0.39, 0.29) is 16.6 Å². The number of phenolic OH excluding ortho intramolecular Hbond substituents is 1. The third kappa shape index (κ3) is 10.5. The van der Waals surface area contributed by atoms with E-state index in [1.54, 1.807) is 13.2 Å². The van der Waals surface area contributed by atoms with Crippen LogP contribution in [0.4, 0.5) is 0 Å². The number of hydrogen-bond acceptors (Lipinski definition) is 8. The molecule has 270 valence electrons. The van der Waals surface area contributed by atoms with Gasteiger partial charge < -0.3 is 33.5 Å². The molecule has 0 spiro atoms. The molecule has 1 heterocycles. The Morgan fingerprint density at radius 3 is 1.69 bits per heavy atom. The fraction of sp³-hybridized carbons (Fsp3) is 0.675. The van der Waals surface area contributed by atoms with Gasteiger partial charge in [0.15, 0.2) is 11.5 Å². The molecule has 0 fully saturated rings. The van der Waals surface area contributed by atoms with Crippen LogP contribution in [0.3, 0.4) is 0 Å². The van der Waals surface area contributed by atoms with Gasteiger partial charge in [0.25, 0.3) is 0 Å². The van der Waals surface area contributed by atoms with Crippen molar-refractivity contribution in [3.05, 3.63) is 33.5 Å². The Hall–Kier alpha value is -2.97. The van der Waals surface area contributed by atoms with Gasteiger partial charge in [-0.1, -0.05) is 55.4 Å². The highest BCUT2D eigenvalue weighted by Gasteiger charge is 2.25. The average Bonchev–Trinajstić information content (AvgIpc) is 3.06. The first-order chi connectivity index (χ1) is 23.1. The molecule has 0 aliphatic carbocycles. The van der Waals surface area contributed by atoms with Gasteiger partial charge in [-0.05, 0) is 102 Å². The van der Waals surface area contributed by atoms with Crippen LogP contribution in [0.15, 0.2) is 21.3 Å². The second-order valence-electron chi connectivity index (χ2n) is 13.8. The van der Waals surface area contributed by atoms with Gasteiger partial charge in [-0.3, -0.25) is 4.79 Å². The maximum Gasteiger partial charge on any atom is 0.204 e. The number of fused-ring (bicyclic) bond motifs is 2. The lowest BCUT2D eigenvalue weighted by molar-refractivity contribution is 0.258. The van der Waals surface area contributed by atoms with Gasteiger partial charge in [-0.25, -0.2) is 0 Å². The van der Waals surface area contributed by atoms with E-state index in [4.69, 9.17) is 18.6 Å². The molecule has 0 saturated heterocycles. The lowest BCUT2D eigenvalue weighted by atomic mass is 9.95. The van der Waals surface area contributed by atoms with E-state index < -0.39 is 0 Å². The second-order valence-corrected chi connectivity index (χ2v) is 13.8. The topological polar surface area (TPSA) is 84.6 Å². The molecule has 8 heteroatoms. The lowest BCUT2D eigenvalue weighted by Gasteiger charge is -2.20. The lowest BCUT2D eigenvalue weighted by Crippen LogP contribution is -2.24. The highest BCUT2D eigenvalue weighted by Crippen LogP contribution is 2.42. The molecule has 0 bridgehead atoms. The quantitative estimate of drug-likeness (QED) is 0.0793. The fourth-order valence-electron chi connectivity index (χ4n) is 6.33. The standard InChI is InChI=1S/C40H64N2O6/c1-10-41(11-2)22-14-16-24-46-32-26-34-37(38(43)30(32)20-18-28(5)6)39(44)36-31(21-19-29(7)8)40(45-9)35(27-33(36)48-34)47-25-17-15-23-42(12-3)13-4/h26-29,43H,10-25H2,1-9H3. The number of rotatable bonds is 23. The molecule has 3 aromatic rings. The maximum atomic E-state index is 14.4. The van der Waals surface area contributed by atoms with Gasteiger partial charge in [0.05, 0.1) is 25.7 Å². The molecular formula is C40H64N2O6. The number of methoxy groups -OCH3 is 1. The van der Waals surface area contributed by atoms with Gasteiger partial charge in [0.2, 0.25) is 5.43 Å². The van der Waals surface area contributed by atoms with Crippen LogP contribution in [0.1, 0.15) is 105 Å². The molecule has 1 N–H and O–H groups in total. The van der Waals surface area contributed by atoms with Crippen LogP contribution in [0.2, 0.25) is 0 Å². The van der Waals surface area contributed by atoms with Crippen LogP contribution in [0.25, 0.3) is 21.9 Å². The van der Waals surface area contributed by atoms with E-state index >= 15 is 0 Å². The van der Waals surface area contributed by atoms with Crippen molar-refractivity contribution in [3.8, 4) is 23.0 Å².